The van der Waals surface area contributed by atoms with Gasteiger partial charge in [-0.05, 0) is 60.5 Å². The molecule has 1 saturated heterocycles. The number of Topliss-reactive ketones (excluding diaryl/α,β-unsaturated/α-hetero) is 1. The predicted octanol–water partition coefficient (Wildman–Crippen LogP) is 4.05. The second kappa shape index (κ2) is 9.19. The number of aliphatic carboxylic acids is 1. The summed E-state index contributed by atoms with van der Waals surface area (Å²) >= 11 is 0. The molecule has 182 valence electrons. The van der Waals surface area contributed by atoms with E-state index in [2.05, 4.69) is 6.92 Å². The Bertz CT molecular complexity index is 1050. The third-order valence-electron chi connectivity index (χ3n) is 7.41. The number of carboxylic acid groups (broad SMARTS) is 1. The van der Waals surface area contributed by atoms with Crippen molar-refractivity contribution in [3.8, 4) is 11.5 Å². The average molecular weight is 469 g/mol. The van der Waals surface area contributed by atoms with Crippen molar-refractivity contribution in [1.82, 2.24) is 0 Å². The van der Waals surface area contributed by atoms with Crippen LogP contribution in [0.1, 0.15) is 44.6 Å². The lowest BCUT2D eigenvalue weighted by Crippen LogP contribution is -2.53. The number of carbonyl (C=O) groups is 2. The molecule has 1 aromatic carbocycles. The monoisotopic (exact) mass is 468 g/mol. The van der Waals surface area contributed by atoms with Crippen molar-refractivity contribution in [1.29, 1.82) is 0 Å². The highest BCUT2D eigenvalue weighted by Gasteiger charge is 2.50. The van der Waals surface area contributed by atoms with Gasteiger partial charge < -0.3 is 24.1 Å². The van der Waals surface area contributed by atoms with Gasteiger partial charge in [-0.15, -0.1) is 0 Å². The van der Waals surface area contributed by atoms with E-state index in [1.807, 2.05) is 18.2 Å². The molecule has 5 rings (SSSR count). The molecule has 1 N–H and O–H groups in total. The Kier molecular flexibility index (Phi) is 6.25. The fraction of sp³-hybridized carbons (Fsp3) is 0.556. The van der Waals surface area contributed by atoms with E-state index in [0.29, 0.717) is 38.8 Å². The number of ketones is 1. The molecule has 0 bridgehead atoms. The minimum Gasteiger partial charge on any atom is -0.493 e. The first kappa shape index (κ1) is 23.1. The number of allylic oxidation sites excluding steroid dienone is 1. The summed E-state index contributed by atoms with van der Waals surface area (Å²) in [5, 5.41) is 9.81. The smallest absolute Gasteiger partial charge is 0.339 e. The Morgan fingerprint density at radius 1 is 1.21 bits per heavy atom. The molecule has 2 unspecified atom stereocenters. The Labute approximate surface area is 199 Å². The normalized spacial score (nSPS) is 25.7. The van der Waals surface area contributed by atoms with Crippen LogP contribution in [0.3, 0.4) is 0 Å². The van der Waals surface area contributed by atoms with Crippen LogP contribution in [-0.4, -0.2) is 56.5 Å². The first-order valence-corrected chi connectivity index (χ1v) is 12.1. The van der Waals surface area contributed by atoms with Crippen LogP contribution in [0.15, 0.2) is 35.4 Å². The highest BCUT2D eigenvalue weighted by atomic mass is 16.5. The Hall–Kier alpha value is -2.64. The van der Waals surface area contributed by atoms with Crippen molar-refractivity contribution >= 4 is 17.3 Å². The third-order valence-corrected chi connectivity index (χ3v) is 7.41. The zero-order valence-electron chi connectivity index (χ0n) is 19.8. The van der Waals surface area contributed by atoms with E-state index in [4.69, 9.17) is 18.9 Å². The van der Waals surface area contributed by atoms with Crippen LogP contribution in [0, 0.1) is 17.3 Å². The van der Waals surface area contributed by atoms with E-state index >= 15 is 0 Å². The van der Waals surface area contributed by atoms with Crippen LogP contribution < -0.4 is 9.47 Å². The maximum atomic E-state index is 12.8. The van der Waals surface area contributed by atoms with Gasteiger partial charge >= 0.3 is 5.97 Å². The SMILES string of the molecule is COCCCOc1ccc2c(c1)OC(C1(C)COC1)C1=C2C(C2CC2)CCC(=O)C(C(=O)O)=C1. The molecule has 0 spiro atoms. The summed E-state index contributed by atoms with van der Waals surface area (Å²) in [5.41, 5.74) is 2.49. The van der Waals surface area contributed by atoms with E-state index < -0.39 is 12.1 Å². The molecule has 0 aromatic heterocycles. The molecule has 1 aromatic rings. The van der Waals surface area contributed by atoms with Gasteiger partial charge in [0.1, 0.15) is 23.2 Å². The van der Waals surface area contributed by atoms with Crippen molar-refractivity contribution in [2.24, 2.45) is 17.3 Å². The molecule has 7 nitrogen and oxygen atoms in total. The molecule has 2 heterocycles. The average Bonchev–Trinajstić information content (AvgIpc) is 3.62. The van der Waals surface area contributed by atoms with E-state index in [9.17, 15) is 14.7 Å². The summed E-state index contributed by atoms with van der Waals surface area (Å²) in [6.45, 7) is 4.33. The van der Waals surface area contributed by atoms with Crippen LogP contribution in [-0.2, 0) is 19.1 Å². The number of ether oxygens (including phenoxy) is 4. The molecule has 1 saturated carbocycles. The van der Waals surface area contributed by atoms with Gasteiger partial charge in [0.2, 0.25) is 0 Å². The highest BCUT2D eigenvalue weighted by molar-refractivity contribution is 6.17. The van der Waals surface area contributed by atoms with Crippen molar-refractivity contribution in [3.63, 3.8) is 0 Å². The van der Waals surface area contributed by atoms with Gasteiger partial charge in [-0.1, -0.05) is 6.92 Å². The van der Waals surface area contributed by atoms with Crippen LogP contribution >= 0.6 is 0 Å². The number of hydrogen-bond donors (Lipinski definition) is 1. The fourth-order valence-corrected chi connectivity index (χ4v) is 5.41. The molecule has 4 aliphatic rings. The summed E-state index contributed by atoms with van der Waals surface area (Å²) in [6, 6.07) is 5.92. The van der Waals surface area contributed by atoms with E-state index in [1.165, 1.54) is 0 Å². The van der Waals surface area contributed by atoms with Gasteiger partial charge in [-0.3, -0.25) is 4.79 Å². The molecule has 0 radical (unpaired) electrons. The standard InChI is InChI=1S/C27H32O7/c1-27(14-32-15-27)25-21-13-20(26(29)30)22(28)9-8-18(16-4-5-16)24(21)19-7-6-17(12-23(19)34-25)33-11-3-10-31-2/h6-7,12-13,16,18,25H,3-5,8-11,14-15H2,1-2H3,(H,29,30). The molecular weight excluding hydrogens is 436 g/mol. The largest absolute Gasteiger partial charge is 0.493 e. The van der Waals surface area contributed by atoms with Gasteiger partial charge in [0, 0.05) is 38.2 Å². The maximum Gasteiger partial charge on any atom is 0.339 e. The molecule has 2 aliphatic heterocycles. The maximum absolute atomic E-state index is 12.8. The van der Waals surface area contributed by atoms with Gasteiger partial charge in [0.25, 0.3) is 0 Å². The zero-order valence-corrected chi connectivity index (χ0v) is 19.8. The van der Waals surface area contributed by atoms with E-state index in [1.54, 1.807) is 13.2 Å². The van der Waals surface area contributed by atoms with Crippen molar-refractivity contribution < 1.29 is 33.6 Å². The van der Waals surface area contributed by atoms with Crippen LogP contribution in [0.25, 0.3) is 5.57 Å². The lowest BCUT2D eigenvalue weighted by Gasteiger charge is -2.47. The first-order chi connectivity index (χ1) is 16.4. The Morgan fingerprint density at radius 3 is 2.65 bits per heavy atom. The number of methoxy groups -OCH3 is 1. The second-order valence-corrected chi connectivity index (χ2v) is 10.1. The van der Waals surface area contributed by atoms with Crippen molar-refractivity contribution in [2.45, 2.75) is 45.1 Å². The summed E-state index contributed by atoms with van der Waals surface area (Å²) in [6.07, 6.45) is 5.16. The van der Waals surface area contributed by atoms with Crippen molar-refractivity contribution in [2.75, 3.05) is 33.5 Å². The van der Waals surface area contributed by atoms with Crippen molar-refractivity contribution in [3.05, 3.63) is 41.0 Å². The molecule has 34 heavy (non-hydrogen) atoms. The topological polar surface area (TPSA) is 91.3 Å². The molecule has 2 atom stereocenters. The van der Waals surface area contributed by atoms with Gasteiger partial charge in [0.05, 0.1) is 25.2 Å². The number of hydrogen-bond acceptors (Lipinski definition) is 6. The lowest BCUT2D eigenvalue weighted by atomic mass is 9.70. The fourth-order valence-electron chi connectivity index (χ4n) is 5.41. The number of benzene rings is 1. The second-order valence-electron chi connectivity index (χ2n) is 10.1. The Balaban J connectivity index is 1.63. The molecule has 2 fully saturated rings. The number of fused-ring (bicyclic) bond motifs is 2. The minimum absolute atomic E-state index is 0.152. The van der Waals surface area contributed by atoms with Crippen LogP contribution in [0.4, 0.5) is 0 Å². The predicted molar refractivity (Wildman–Crippen MR) is 125 cm³/mol. The third kappa shape index (κ3) is 4.27. The van der Waals surface area contributed by atoms with Gasteiger partial charge in [-0.25, -0.2) is 4.79 Å². The number of carbonyl (C=O) groups excluding carboxylic acids is 1. The number of carboxylic acids is 1. The lowest BCUT2D eigenvalue weighted by molar-refractivity contribution is -0.143. The molecule has 2 aliphatic carbocycles. The molecular formula is C27H32O7. The van der Waals surface area contributed by atoms with Gasteiger partial charge in [-0.2, -0.15) is 0 Å². The van der Waals surface area contributed by atoms with Crippen LogP contribution in [0.5, 0.6) is 11.5 Å². The quantitative estimate of drug-likeness (QED) is 0.455. The zero-order chi connectivity index (χ0) is 23.9. The number of rotatable bonds is 8. The molecule has 7 heteroatoms. The minimum atomic E-state index is -1.18. The first-order valence-electron chi connectivity index (χ1n) is 12.1. The molecule has 0 amide bonds. The Morgan fingerprint density at radius 2 is 2.00 bits per heavy atom. The highest BCUT2D eigenvalue weighted by Crippen LogP contribution is 2.54. The summed E-state index contributed by atoms with van der Waals surface area (Å²) in [4.78, 5) is 24.8. The van der Waals surface area contributed by atoms with Crippen LogP contribution in [0.2, 0.25) is 0 Å². The van der Waals surface area contributed by atoms with E-state index in [0.717, 1.165) is 47.5 Å². The summed E-state index contributed by atoms with van der Waals surface area (Å²) < 4.78 is 23.2. The summed E-state index contributed by atoms with van der Waals surface area (Å²) in [5.74, 6) is 0.723. The van der Waals surface area contributed by atoms with Gasteiger partial charge in [0.15, 0.2) is 5.78 Å². The summed E-state index contributed by atoms with van der Waals surface area (Å²) in [7, 11) is 1.67. The van der Waals surface area contributed by atoms with E-state index in [-0.39, 0.29) is 29.1 Å².